The molecule has 3 rings (SSSR count). The summed E-state index contributed by atoms with van der Waals surface area (Å²) >= 11 is 1.23. The Labute approximate surface area is 154 Å². The molecule has 3 heterocycles. The van der Waals surface area contributed by atoms with Crippen LogP contribution in [0.3, 0.4) is 0 Å². The van der Waals surface area contributed by atoms with E-state index in [4.69, 9.17) is 4.74 Å². The van der Waals surface area contributed by atoms with Crippen LogP contribution < -0.4 is 10.1 Å². The molecule has 0 bridgehead atoms. The fraction of sp³-hybridized carbons (Fsp3) is 0.471. The minimum Gasteiger partial charge on any atom is -0.473 e. The summed E-state index contributed by atoms with van der Waals surface area (Å²) in [7, 11) is 0. The summed E-state index contributed by atoms with van der Waals surface area (Å²) in [5.41, 5.74) is 1.78. The molecule has 2 aromatic rings. The zero-order valence-electron chi connectivity index (χ0n) is 14.3. The van der Waals surface area contributed by atoms with Gasteiger partial charge in [-0.3, -0.25) is 9.69 Å². The minimum atomic E-state index is -2.34. The van der Waals surface area contributed by atoms with Crippen LogP contribution in [-0.4, -0.2) is 52.3 Å². The molecule has 2 aromatic heterocycles. The molecule has 0 aliphatic carbocycles. The average Bonchev–Trinajstić information content (AvgIpc) is 3.02. The number of hydrogen-bond acceptors (Lipinski definition) is 6. The maximum absolute atomic E-state index is 12.5. The lowest BCUT2D eigenvalue weighted by atomic mass is 10.1. The monoisotopic (exact) mass is 382 g/mol. The third kappa shape index (κ3) is 4.95. The van der Waals surface area contributed by atoms with Crippen LogP contribution in [0.25, 0.3) is 0 Å². The predicted molar refractivity (Wildman–Crippen MR) is 95.1 cm³/mol. The first-order valence-corrected chi connectivity index (χ1v) is 9.20. The van der Waals surface area contributed by atoms with E-state index in [9.17, 15) is 13.6 Å². The van der Waals surface area contributed by atoms with Crippen molar-refractivity contribution in [1.82, 2.24) is 14.3 Å². The summed E-state index contributed by atoms with van der Waals surface area (Å²) in [4.78, 5) is 18.1. The number of amides is 1. The van der Waals surface area contributed by atoms with E-state index >= 15 is 0 Å². The predicted octanol–water partition coefficient (Wildman–Crippen LogP) is 3.21. The average molecular weight is 382 g/mol. The van der Waals surface area contributed by atoms with Gasteiger partial charge in [-0.05, 0) is 43.9 Å². The molecule has 6 nitrogen and oxygen atoms in total. The summed E-state index contributed by atoms with van der Waals surface area (Å²) in [6, 6.07) is 3.37. The summed E-state index contributed by atoms with van der Waals surface area (Å²) < 4.78 is 34.9. The normalized spacial score (nSPS) is 18.1. The van der Waals surface area contributed by atoms with Crippen molar-refractivity contribution in [2.45, 2.75) is 32.3 Å². The van der Waals surface area contributed by atoms with Crippen LogP contribution in [0.5, 0.6) is 5.88 Å². The van der Waals surface area contributed by atoms with Gasteiger partial charge in [-0.15, -0.1) is 0 Å². The van der Waals surface area contributed by atoms with Crippen molar-refractivity contribution < 1.29 is 18.3 Å². The SMILES string of the molecule is Cc1nscc1C(=O)Nc1ccc(OC2CCCN(CC(F)F)C2)nc1. The Morgan fingerprint density at radius 1 is 1.50 bits per heavy atom. The number of piperidine rings is 1. The van der Waals surface area contributed by atoms with Crippen molar-refractivity contribution in [2.75, 3.05) is 25.0 Å². The summed E-state index contributed by atoms with van der Waals surface area (Å²) in [5.74, 6) is 0.182. The maximum Gasteiger partial charge on any atom is 0.258 e. The molecule has 1 fully saturated rings. The molecule has 1 atom stereocenters. The zero-order chi connectivity index (χ0) is 18.5. The van der Waals surface area contributed by atoms with E-state index in [0.717, 1.165) is 12.8 Å². The van der Waals surface area contributed by atoms with Crippen molar-refractivity contribution in [3.63, 3.8) is 0 Å². The molecule has 1 saturated heterocycles. The number of nitrogens with one attached hydrogen (secondary N) is 1. The molecule has 9 heteroatoms. The van der Waals surface area contributed by atoms with Crippen LogP contribution in [0.4, 0.5) is 14.5 Å². The quantitative estimate of drug-likeness (QED) is 0.831. The number of rotatable bonds is 6. The summed E-state index contributed by atoms with van der Waals surface area (Å²) in [5, 5.41) is 4.46. The number of ether oxygens (including phenoxy) is 1. The lowest BCUT2D eigenvalue weighted by Gasteiger charge is -2.32. The highest BCUT2D eigenvalue weighted by atomic mass is 32.1. The molecule has 0 saturated carbocycles. The minimum absolute atomic E-state index is 0.157. The van der Waals surface area contributed by atoms with E-state index in [2.05, 4.69) is 14.7 Å². The van der Waals surface area contributed by atoms with Gasteiger partial charge >= 0.3 is 0 Å². The number of halogens is 2. The van der Waals surface area contributed by atoms with Crippen molar-refractivity contribution in [1.29, 1.82) is 0 Å². The number of hydrogen-bond donors (Lipinski definition) is 1. The van der Waals surface area contributed by atoms with E-state index < -0.39 is 6.43 Å². The van der Waals surface area contributed by atoms with Crippen molar-refractivity contribution in [2.24, 2.45) is 0 Å². The number of aromatic nitrogens is 2. The number of carbonyl (C=O) groups excluding carboxylic acids is 1. The third-order valence-corrected chi connectivity index (χ3v) is 4.86. The van der Waals surface area contributed by atoms with E-state index in [1.807, 2.05) is 0 Å². The van der Waals surface area contributed by atoms with Gasteiger partial charge in [0.2, 0.25) is 5.88 Å². The molecule has 1 aliphatic rings. The van der Waals surface area contributed by atoms with Crippen LogP contribution in [0, 0.1) is 6.92 Å². The first kappa shape index (κ1) is 18.7. The largest absolute Gasteiger partial charge is 0.473 e. The summed E-state index contributed by atoms with van der Waals surface area (Å²) in [6.07, 6.45) is 0.651. The van der Waals surface area contributed by atoms with Gasteiger partial charge in [-0.25, -0.2) is 13.8 Å². The van der Waals surface area contributed by atoms with Crippen molar-refractivity contribution in [3.05, 3.63) is 35.0 Å². The molecule has 1 amide bonds. The number of aryl methyl sites for hydroxylation is 1. The van der Waals surface area contributed by atoms with Crippen LogP contribution >= 0.6 is 11.5 Å². The van der Waals surface area contributed by atoms with Gasteiger partial charge in [0, 0.05) is 18.0 Å². The second-order valence-corrected chi connectivity index (χ2v) is 6.81. The Kier molecular flexibility index (Phi) is 6.10. The van der Waals surface area contributed by atoms with Gasteiger partial charge in [0.15, 0.2) is 0 Å². The van der Waals surface area contributed by atoms with Crippen molar-refractivity contribution >= 4 is 23.1 Å². The van der Waals surface area contributed by atoms with Gasteiger partial charge in [0.25, 0.3) is 12.3 Å². The number of alkyl halides is 2. The van der Waals surface area contributed by atoms with Gasteiger partial charge in [0.05, 0.1) is 29.7 Å². The fourth-order valence-corrected chi connectivity index (χ4v) is 3.57. The van der Waals surface area contributed by atoms with E-state index in [-0.39, 0.29) is 18.6 Å². The second kappa shape index (κ2) is 8.50. The lowest BCUT2D eigenvalue weighted by Crippen LogP contribution is -2.43. The Morgan fingerprint density at radius 3 is 3.00 bits per heavy atom. The fourth-order valence-electron chi connectivity index (χ4n) is 2.87. The van der Waals surface area contributed by atoms with Gasteiger partial charge < -0.3 is 10.1 Å². The molecular formula is C17H20F2N4O2S. The highest BCUT2D eigenvalue weighted by molar-refractivity contribution is 7.04. The molecule has 0 radical (unpaired) electrons. The standard InChI is InChI=1S/C17H20F2N4O2S/c1-11-14(10-26-22-11)17(24)21-12-4-5-16(20-7-12)25-13-3-2-6-23(8-13)9-15(18)19/h4-5,7,10,13,15H,2-3,6,8-9H2,1H3,(H,21,24). The number of anilines is 1. The molecular weight excluding hydrogens is 362 g/mol. The highest BCUT2D eigenvalue weighted by Gasteiger charge is 2.23. The smallest absolute Gasteiger partial charge is 0.258 e. The molecule has 1 aliphatic heterocycles. The van der Waals surface area contributed by atoms with E-state index in [1.165, 1.54) is 17.7 Å². The zero-order valence-corrected chi connectivity index (χ0v) is 15.1. The molecule has 0 aromatic carbocycles. The lowest BCUT2D eigenvalue weighted by molar-refractivity contribution is 0.0368. The number of carbonyl (C=O) groups is 1. The van der Waals surface area contributed by atoms with Crippen LogP contribution in [0.1, 0.15) is 28.9 Å². The van der Waals surface area contributed by atoms with Gasteiger partial charge in [0.1, 0.15) is 6.10 Å². The number of pyridine rings is 1. The molecule has 1 N–H and O–H groups in total. The Balaban J connectivity index is 1.54. The van der Waals surface area contributed by atoms with Gasteiger partial charge in [-0.1, -0.05) is 0 Å². The molecule has 1 unspecified atom stereocenters. The molecule has 140 valence electrons. The summed E-state index contributed by atoms with van der Waals surface area (Å²) in [6.45, 7) is 2.69. The highest BCUT2D eigenvalue weighted by Crippen LogP contribution is 2.19. The van der Waals surface area contributed by atoms with Crippen LogP contribution in [0.2, 0.25) is 0 Å². The maximum atomic E-state index is 12.5. The Bertz CT molecular complexity index is 739. The number of nitrogens with zero attached hydrogens (tertiary/aromatic N) is 3. The topological polar surface area (TPSA) is 67.3 Å². The van der Waals surface area contributed by atoms with Crippen LogP contribution in [-0.2, 0) is 0 Å². The first-order valence-electron chi connectivity index (χ1n) is 8.37. The van der Waals surface area contributed by atoms with E-state index in [1.54, 1.807) is 29.3 Å². The van der Waals surface area contributed by atoms with Crippen molar-refractivity contribution in [3.8, 4) is 5.88 Å². The molecule has 26 heavy (non-hydrogen) atoms. The Morgan fingerprint density at radius 2 is 2.35 bits per heavy atom. The van der Waals surface area contributed by atoms with E-state index in [0.29, 0.717) is 35.9 Å². The van der Waals surface area contributed by atoms with Gasteiger partial charge in [-0.2, -0.15) is 4.37 Å². The Hall–Kier alpha value is -2.13. The first-order chi connectivity index (χ1) is 12.5. The molecule has 0 spiro atoms. The third-order valence-electron chi connectivity index (χ3n) is 4.13. The second-order valence-electron chi connectivity index (χ2n) is 6.19. The number of likely N-dealkylation sites (tertiary alicyclic amines) is 1. The van der Waals surface area contributed by atoms with Crippen LogP contribution in [0.15, 0.2) is 23.7 Å².